The van der Waals surface area contributed by atoms with E-state index in [1.54, 1.807) is 0 Å². The Hall–Kier alpha value is -2.53. The van der Waals surface area contributed by atoms with Gasteiger partial charge in [0.2, 0.25) is 0 Å². The zero-order valence-corrected chi connectivity index (χ0v) is 16.6. The van der Waals surface area contributed by atoms with Crippen LogP contribution in [-0.4, -0.2) is 20.2 Å². The van der Waals surface area contributed by atoms with Crippen molar-refractivity contribution in [2.45, 2.75) is 26.7 Å². The SMILES string of the molecule is CC1(C)CC(=O)c2c(nc3ccc4ncn5c6cc(Br)ccc6c2c3c45)C1. The lowest BCUT2D eigenvalue weighted by Crippen LogP contribution is -2.28. The molecule has 3 aromatic heterocycles. The lowest BCUT2D eigenvalue weighted by atomic mass is 9.74. The van der Waals surface area contributed by atoms with E-state index in [1.165, 1.54) is 0 Å². The summed E-state index contributed by atoms with van der Waals surface area (Å²) in [4.78, 5) is 22.8. The number of carbonyl (C=O) groups is 1. The van der Waals surface area contributed by atoms with Crippen molar-refractivity contribution in [3.05, 3.63) is 52.4 Å². The number of pyridine rings is 2. The number of hydrogen-bond donors (Lipinski definition) is 0. The van der Waals surface area contributed by atoms with Crippen LogP contribution in [0.3, 0.4) is 0 Å². The average Bonchev–Trinajstić information content (AvgIpc) is 3.03. The third kappa shape index (κ3) is 1.95. The summed E-state index contributed by atoms with van der Waals surface area (Å²) in [5.41, 5.74) is 5.65. The Morgan fingerprint density at radius 3 is 2.74 bits per heavy atom. The fraction of sp³-hybridized carbons (Fsp3) is 0.227. The number of benzene rings is 2. The van der Waals surface area contributed by atoms with Gasteiger partial charge in [-0.25, -0.2) is 4.98 Å². The average molecular weight is 418 g/mol. The highest BCUT2D eigenvalue weighted by molar-refractivity contribution is 9.10. The van der Waals surface area contributed by atoms with Gasteiger partial charge in [0.25, 0.3) is 0 Å². The summed E-state index contributed by atoms with van der Waals surface area (Å²) in [6.45, 7) is 4.29. The van der Waals surface area contributed by atoms with Gasteiger partial charge in [-0.3, -0.25) is 14.2 Å². The monoisotopic (exact) mass is 417 g/mol. The van der Waals surface area contributed by atoms with Crippen molar-refractivity contribution in [3.8, 4) is 0 Å². The number of halogens is 1. The number of Topliss-reactive ketones (excluding diaryl/α,β-unsaturated/α-hetero) is 1. The molecule has 5 heteroatoms. The van der Waals surface area contributed by atoms with Crippen LogP contribution < -0.4 is 0 Å². The van der Waals surface area contributed by atoms with E-state index in [2.05, 4.69) is 51.3 Å². The molecular weight excluding hydrogens is 402 g/mol. The minimum Gasteiger partial charge on any atom is -0.297 e. The third-order valence-electron chi connectivity index (χ3n) is 5.78. The summed E-state index contributed by atoms with van der Waals surface area (Å²) < 4.78 is 3.13. The fourth-order valence-corrected chi connectivity index (χ4v) is 5.09. The number of imidazole rings is 1. The van der Waals surface area contributed by atoms with Crippen LogP contribution >= 0.6 is 15.9 Å². The Bertz CT molecular complexity index is 1430. The van der Waals surface area contributed by atoms with Crippen molar-refractivity contribution >= 4 is 59.9 Å². The number of ketones is 1. The molecule has 2 aromatic carbocycles. The Kier molecular flexibility index (Phi) is 2.78. The van der Waals surface area contributed by atoms with Crippen molar-refractivity contribution in [1.29, 1.82) is 0 Å². The van der Waals surface area contributed by atoms with Crippen molar-refractivity contribution in [2.24, 2.45) is 5.41 Å². The first-order chi connectivity index (χ1) is 12.9. The van der Waals surface area contributed by atoms with E-state index < -0.39 is 0 Å². The van der Waals surface area contributed by atoms with Gasteiger partial charge >= 0.3 is 0 Å². The molecule has 6 rings (SSSR count). The molecule has 4 nitrogen and oxygen atoms in total. The lowest BCUT2D eigenvalue weighted by molar-refractivity contribution is 0.0912. The van der Waals surface area contributed by atoms with Crippen LogP contribution in [0.15, 0.2) is 41.1 Å². The molecule has 0 bridgehead atoms. The Morgan fingerprint density at radius 2 is 1.89 bits per heavy atom. The van der Waals surface area contributed by atoms with Gasteiger partial charge in [0, 0.05) is 32.6 Å². The standard InChI is InChI=1S/C22H16BrN3O/c1-22(2)8-15-19(17(27)9-22)18-12-4-3-11(23)7-16(12)26-10-24-14-6-5-13(25-15)20(18)21(14)26/h3-7,10H,8-9H2,1-2H3. The molecule has 0 atom stereocenters. The van der Waals surface area contributed by atoms with E-state index in [4.69, 9.17) is 4.98 Å². The molecule has 0 amide bonds. The first-order valence-corrected chi connectivity index (χ1v) is 9.88. The van der Waals surface area contributed by atoms with Crippen LogP contribution in [0.25, 0.3) is 38.2 Å². The highest BCUT2D eigenvalue weighted by Gasteiger charge is 2.34. The van der Waals surface area contributed by atoms with Crippen LogP contribution in [0.2, 0.25) is 0 Å². The molecule has 0 saturated heterocycles. The van der Waals surface area contributed by atoms with Gasteiger partial charge in [0.1, 0.15) is 6.33 Å². The molecule has 5 aromatic rings. The Morgan fingerprint density at radius 1 is 1.07 bits per heavy atom. The molecule has 0 spiro atoms. The number of rotatable bonds is 0. The summed E-state index contributed by atoms with van der Waals surface area (Å²) >= 11 is 3.59. The predicted octanol–water partition coefficient (Wildman–Crippen LogP) is 5.54. The Labute approximate surface area is 163 Å². The van der Waals surface area contributed by atoms with Gasteiger partial charge < -0.3 is 0 Å². The molecule has 0 unspecified atom stereocenters. The molecule has 27 heavy (non-hydrogen) atoms. The number of fused-ring (bicyclic) bond motifs is 5. The van der Waals surface area contributed by atoms with Gasteiger partial charge in [-0.15, -0.1) is 0 Å². The minimum absolute atomic E-state index is 0.0550. The van der Waals surface area contributed by atoms with E-state index in [0.717, 1.165) is 60.4 Å². The molecule has 1 aliphatic rings. The molecule has 0 aliphatic heterocycles. The van der Waals surface area contributed by atoms with E-state index in [0.29, 0.717) is 6.42 Å². The zero-order valence-electron chi connectivity index (χ0n) is 15.0. The second-order valence-corrected chi connectivity index (χ2v) is 9.27. The lowest BCUT2D eigenvalue weighted by Gasteiger charge is -2.30. The van der Waals surface area contributed by atoms with E-state index >= 15 is 0 Å². The third-order valence-corrected chi connectivity index (χ3v) is 6.28. The van der Waals surface area contributed by atoms with Gasteiger partial charge in [-0.05, 0) is 36.1 Å². The van der Waals surface area contributed by atoms with E-state index in [1.807, 2.05) is 24.5 Å². The van der Waals surface area contributed by atoms with E-state index in [9.17, 15) is 4.79 Å². The van der Waals surface area contributed by atoms with Crippen molar-refractivity contribution in [2.75, 3.05) is 0 Å². The van der Waals surface area contributed by atoms with Gasteiger partial charge in [-0.2, -0.15) is 0 Å². The highest BCUT2D eigenvalue weighted by Crippen LogP contribution is 2.43. The number of aromatic nitrogens is 3. The van der Waals surface area contributed by atoms with Crippen LogP contribution in [-0.2, 0) is 6.42 Å². The first-order valence-electron chi connectivity index (χ1n) is 9.09. The molecule has 3 heterocycles. The second-order valence-electron chi connectivity index (χ2n) is 8.35. The van der Waals surface area contributed by atoms with Gasteiger partial charge in [-0.1, -0.05) is 35.8 Å². The quantitative estimate of drug-likeness (QED) is 0.245. The maximum atomic E-state index is 13.2. The normalized spacial score (nSPS) is 16.8. The number of hydrogen-bond acceptors (Lipinski definition) is 3. The first kappa shape index (κ1) is 15.5. The molecule has 0 saturated carbocycles. The summed E-state index contributed by atoms with van der Waals surface area (Å²) in [6, 6.07) is 10.3. The van der Waals surface area contributed by atoms with Crippen LogP contribution in [0.5, 0.6) is 0 Å². The van der Waals surface area contributed by atoms with Crippen molar-refractivity contribution in [3.63, 3.8) is 0 Å². The topological polar surface area (TPSA) is 47.3 Å². The predicted molar refractivity (Wildman–Crippen MR) is 111 cm³/mol. The minimum atomic E-state index is -0.0550. The molecule has 0 fully saturated rings. The van der Waals surface area contributed by atoms with E-state index in [-0.39, 0.29) is 11.2 Å². The molecule has 0 N–H and O–H groups in total. The van der Waals surface area contributed by atoms with Gasteiger partial charge in [0.05, 0.1) is 27.8 Å². The van der Waals surface area contributed by atoms with Crippen LogP contribution in [0, 0.1) is 5.41 Å². The number of carbonyl (C=O) groups excluding carboxylic acids is 1. The second kappa shape index (κ2) is 4.84. The molecule has 132 valence electrons. The zero-order chi connectivity index (χ0) is 18.5. The smallest absolute Gasteiger partial charge is 0.165 e. The fourth-order valence-electron chi connectivity index (χ4n) is 4.74. The van der Waals surface area contributed by atoms with Crippen molar-refractivity contribution in [1.82, 2.24) is 14.4 Å². The molecule has 1 aliphatic carbocycles. The summed E-state index contributed by atoms with van der Waals surface area (Å²) in [6.07, 6.45) is 3.24. The molecule has 0 radical (unpaired) electrons. The van der Waals surface area contributed by atoms with Gasteiger partial charge in [0.15, 0.2) is 5.78 Å². The Balaban J connectivity index is 1.96. The highest BCUT2D eigenvalue weighted by atomic mass is 79.9. The maximum absolute atomic E-state index is 13.2. The summed E-state index contributed by atoms with van der Waals surface area (Å²) in [5, 5.41) is 3.16. The van der Waals surface area contributed by atoms with Crippen LogP contribution in [0.4, 0.5) is 0 Å². The van der Waals surface area contributed by atoms with Crippen LogP contribution in [0.1, 0.15) is 36.3 Å². The maximum Gasteiger partial charge on any atom is 0.165 e. The summed E-state index contributed by atoms with van der Waals surface area (Å²) in [5.74, 6) is 0.199. The summed E-state index contributed by atoms with van der Waals surface area (Å²) in [7, 11) is 0. The number of nitrogens with zero attached hydrogens (tertiary/aromatic N) is 3. The van der Waals surface area contributed by atoms with Crippen molar-refractivity contribution < 1.29 is 4.79 Å². The largest absolute Gasteiger partial charge is 0.297 e. The molecular formula is C22H16BrN3O.